The van der Waals surface area contributed by atoms with Crippen molar-refractivity contribution in [2.24, 2.45) is 0 Å². The first kappa shape index (κ1) is 10.1. The Hall–Kier alpha value is -0.980. The smallest absolute Gasteiger partial charge is 0.0369 e. The van der Waals surface area contributed by atoms with Crippen LogP contribution in [0, 0.1) is 6.92 Å². The van der Waals surface area contributed by atoms with Crippen molar-refractivity contribution >= 4 is 5.69 Å². The molecule has 0 aliphatic heterocycles. The molecule has 1 rings (SSSR count). The second kappa shape index (κ2) is 4.31. The van der Waals surface area contributed by atoms with Crippen LogP contribution in [0.4, 0.5) is 5.69 Å². The molecule has 0 aliphatic rings. The molecule has 0 atom stereocenters. The number of hydrogen-bond donors (Lipinski definition) is 1. The van der Waals surface area contributed by atoms with Crippen LogP contribution in [0.2, 0.25) is 0 Å². The van der Waals surface area contributed by atoms with Crippen molar-refractivity contribution in [1.82, 2.24) is 0 Å². The summed E-state index contributed by atoms with van der Waals surface area (Å²) in [7, 11) is 0. The van der Waals surface area contributed by atoms with Crippen LogP contribution in [0.5, 0.6) is 0 Å². The highest BCUT2D eigenvalue weighted by Crippen LogP contribution is 2.21. The minimum absolute atomic E-state index is 0.620. The molecule has 13 heavy (non-hydrogen) atoms. The lowest BCUT2D eigenvalue weighted by atomic mass is 10.0. The molecule has 0 aromatic heterocycles. The van der Waals surface area contributed by atoms with Gasteiger partial charge in [-0.15, -0.1) is 0 Å². The van der Waals surface area contributed by atoms with E-state index < -0.39 is 0 Å². The van der Waals surface area contributed by atoms with E-state index in [0.717, 1.165) is 6.54 Å². The Kier molecular flexibility index (Phi) is 3.35. The SMILES string of the molecule is CCNc1ccc(C(C)C)cc1C. The van der Waals surface area contributed by atoms with Crippen molar-refractivity contribution in [3.63, 3.8) is 0 Å². The molecule has 1 N–H and O–H groups in total. The number of aryl methyl sites for hydroxylation is 1. The van der Waals surface area contributed by atoms with Gasteiger partial charge in [-0.05, 0) is 37.0 Å². The third kappa shape index (κ3) is 2.48. The minimum atomic E-state index is 0.620. The first-order chi connectivity index (χ1) is 6.15. The first-order valence-corrected chi connectivity index (χ1v) is 4.99. The van der Waals surface area contributed by atoms with E-state index in [4.69, 9.17) is 0 Å². The third-order valence-corrected chi connectivity index (χ3v) is 2.28. The molecule has 1 aromatic carbocycles. The van der Waals surface area contributed by atoms with Crippen molar-refractivity contribution in [2.75, 3.05) is 11.9 Å². The lowest BCUT2D eigenvalue weighted by Gasteiger charge is -2.11. The van der Waals surface area contributed by atoms with Gasteiger partial charge in [0, 0.05) is 12.2 Å². The zero-order valence-electron chi connectivity index (χ0n) is 9.02. The van der Waals surface area contributed by atoms with Crippen LogP contribution in [0.3, 0.4) is 0 Å². The highest BCUT2D eigenvalue weighted by molar-refractivity contribution is 5.52. The average Bonchev–Trinajstić information content (AvgIpc) is 2.08. The summed E-state index contributed by atoms with van der Waals surface area (Å²) < 4.78 is 0. The topological polar surface area (TPSA) is 12.0 Å². The van der Waals surface area contributed by atoms with E-state index >= 15 is 0 Å². The fourth-order valence-corrected chi connectivity index (χ4v) is 1.43. The molecule has 0 heterocycles. The van der Waals surface area contributed by atoms with Gasteiger partial charge in [0.15, 0.2) is 0 Å². The largest absolute Gasteiger partial charge is 0.385 e. The van der Waals surface area contributed by atoms with E-state index in [-0.39, 0.29) is 0 Å². The second-order valence-electron chi connectivity index (χ2n) is 3.76. The molecule has 0 spiro atoms. The fraction of sp³-hybridized carbons (Fsp3) is 0.500. The van der Waals surface area contributed by atoms with Gasteiger partial charge in [0.25, 0.3) is 0 Å². The molecule has 1 heteroatoms. The number of hydrogen-bond acceptors (Lipinski definition) is 1. The number of benzene rings is 1. The summed E-state index contributed by atoms with van der Waals surface area (Å²) in [4.78, 5) is 0. The van der Waals surface area contributed by atoms with Gasteiger partial charge in [-0.3, -0.25) is 0 Å². The Morgan fingerprint density at radius 1 is 1.31 bits per heavy atom. The maximum absolute atomic E-state index is 3.34. The van der Waals surface area contributed by atoms with Crippen LogP contribution in [0.15, 0.2) is 18.2 Å². The Morgan fingerprint density at radius 2 is 2.00 bits per heavy atom. The minimum Gasteiger partial charge on any atom is -0.385 e. The predicted octanol–water partition coefficient (Wildman–Crippen LogP) is 3.55. The Labute approximate surface area is 81.2 Å². The fourth-order valence-electron chi connectivity index (χ4n) is 1.43. The van der Waals surface area contributed by atoms with Gasteiger partial charge >= 0.3 is 0 Å². The van der Waals surface area contributed by atoms with E-state index in [9.17, 15) is 0 Å². The standard InChI is InChI=1S/C12H19N/c1-5-13-12-7-6-11(9(2)3)8-10(12)4/h6-9,13H,5H2,1-4H3. The maximum Gasteiger partial charge on any atom is 0.0369 e. The van der Waals surface area contributed by atoms with Gasteiger partial charge < -0.3 is 5.32 Å². The van der Waals surface area contributed by atoms with Crippen LogP contribution in [-0.2, 0) is 0 Å². The van der Waals surface area contributed by atoms with Gasteiger partial charge in [0.1, 0.15) is 0 Å². The van der Waals surface area contributed by atoms with Crippen LogP contribution in [-0.4, -0.2) is 6.54 Å². The zero-order chi connectivity index (χ0) is 9.84. The highest BCUT2D eigenvalue weighted by atomic mass is 14.9. The first-order valence-electron chi connectivity index (χ1n) is 4.99. The molecule has 0 fully saturated rings. The summed E-state index contributed by atoms with van der Waals surface area (Å²) in [6.45, 7) is 9.71. The van der Waals surface area contributed by atoms with Gasteiger partial charge in [0.2, 0.25) is 0 Å². The van der Waals surface area contributed by atoms with E-state index in [0.29, 0.717) is 5.92 Å². The number of anilines is 1. The summed E-state index contributed by atoms with van der Waals surface area (Å²) >= 11 is 0. The molecule has 0 saturated heterocycles. The maximum atomic E-state index is 3.34. The molecular formula is C12H19N. The van der Waals surface area contributed by atoms with Crippen molar-refractivity contribution < 1.29 is 0 Å². The number of nitrogens with one attached hydrogen (secondary N) is 1. The van der Waals surface area contributed by atoms with Crippen molar-refractivity contribution in [1.29, 1.82) is 0 Å². The van der Waals surface area contributed by atoms with Gasteiger partial charge in [-0.2, -0.15) is 0 Å². The van der Waals surface area contributed by atoms with E-state index in [2.05, 4.69) is 51.2 Å². The van der Waals surface area contributed by atoms with Gasteiger partial charge in [0.05, 0.1) is 0 Å². The quantitative estimate of drug-likeness (QED) is 0.744. The van der Waals surface area contributed by atoms with Crippen LogP contribution in [0.1, 0.15) is 37.8 Å². The summed E-state index contributed by atoms with van der Waals surface area (Å²) in [5.41, 5.74) is 4.01. The molecule has 0 bridgehead atoms. The molecule has 0 aliphatic carbocycles. The van der Waals surface area contributed by atoms with E-state index in [1.54, 1.807) is 0 Å². The highest BCUT2D eigenvalue weighted by Gasteiger charge is 2.01. The molecule has 72 valence electrons. The third-order valence-electron chi connectivity index (χ3n) is 2.28. The van der Waals surface area contributed by atoms with E-state index in [1.165, 1.54) is 16.8 Å². The zero-order valence-corrected chi connectivity index (χ0v) is 9.02. The van der Waals surface area contributed by atoms with Crippen LogP contribution < -0.4 is 5.32 Å². The van der Waals surface area contributed by atoms with E-state index in [1.807, 2.05) is 0 Å². The molecule has 0 amide bonds. The van der Waals surface area contributed by atoms with Crippen LogP contribution >= 0.6 is 0 Å². The molecule has 0 radical (unpaired) electrons. The van der Waals surface area contributed by atoms with Crippen molar-refractivity contribution in [2.45, 2.75) is 33.6 Å². The molecule has 1 aromatic rings. The predicted molar refractivity (Wildman–Crippen MR) is 59.4 cm³/mol. The summed E-state index contributed by atoms with van der Waals surface area (Å²) in [5.74, 6) is 0.620. The Morgan fingerprint density at radius 3 is 2.46 bits per heavy atom. The van der Waals surface area contributed by atoms with Gasteiger partial charge in [-0.25, -0.2) is 0 Å². The molecule has 1 nitrogen and oxygen atoms in total. The lowest BCUT2D eigenvalue weighted by Crippen LogP contribution is -1.99. The monoisotopic (exact) mass is 177 g/mol. The molecule has 0 saturated carbocycles. The lowest BCUT2D eigenvalue weighted by molar-refractivity contribution is 0.865. The summed E-state index contributed by atoms with van der Waals surface area (Å²) in [6.07, 6.45) is 0. The Bertz CT molecular complexity index is 276. The number of rotatable bonds is 3. The van der Waals surface area contributed by atoms with Crippen molar-refractivity contribution in [3.8, 4) is 0 Å². The summed E-state index contributed by atoms with van der Waals surface area (Å²) in [5, 5.41) is 3.34. The summed E-state index contributed by atoms with van der Waals surface area (Å²) in [6, 6.07) is 6.65. The van der Waals surface area contributed by atoms with Crippen molar-refractivity contribution in [3.05, 3.63) is 29.3 Å². The normalized spacial score (nSPS) is 10.5. The van der Waals surface area contributed by atoms with Gasteiger partial charge in [-0.1, -0.05) is 26.0 Å². The molecular weight excluding hydrogens is 158 g/mol. The average molecular weight is 177 g/mol. The second-order valence-corrected chi connectivity index (χ2v) is 3.76. The molecule has 0 unspecified atom stereocenters. The Balaban J connectivity index is 2.92. The van der Waals surface area contributed by atoms with Crippen LogP contribution in [0.25, 0.3) is 0 Å².